The van der Waals surface area contributed by atoms with Gasteiger partial charge >= 0.3 is 5.97 Å². The zero-order chi connectivity index (χ0) is 19.1. The summed E-state index contributed by atoms with van der Waals surface area (Å²) >= 11 is 0. The molecule has 1 amide bonds. The zero-order valence-electron chi connectivity index (χ0n) is 15.1. The van der Waals surface area contributed by atoms with E-state index in [4.69, 9.17) is 14.2 Å². The Labute approximate surface area is 151 Å². The van der Waals surface area contributed by atoms with Gasteiger partial charge in [0.05, 0.1) is 26.9 Å². The van der Waals surface area contributed by atoms with Crippen LogP contribution in [0.5, 0.6) is 17.2 Å². The molecule has 0 spiro atoms. The molecule has 0 saturated carbocycles. The van der Waals surface area contributed by atoms with Crippen molar-refractivity contribution in [1.29, 1.82) is 0 Å². The maximum Gasteiger partial charge on any atom is 0.337 e. The number of carbonyl (C=O) groups excluding carboxylic acids is 2. The van der Waals surface area contributed by atoms with E-state index in [9.17, 15) is 9.59 Å². The van der Waals surface area contributed by atoms with Crippen LogP contribution in [0.4, 0.5) is 5.69 Å². The highest BCUT2D eigenvalue weighted by Crippen LogP contribution is 2.29. The first-order valence-corrected chi connectivity index (χ1v) is 7.86. The Bertz CT molecular complexity index is 772. The number of benzene rings is 2. The van der Waals surface area contributed by atoms with E-state index in [-0.39, 0.29) is 5.91 Å². The fourth-order valence-electron chi connectivity index (χ4n) is 2.17. The SMILES string of the molecule is COC(=O)c1ccc(OC(C)C(=O)Nc2ccc(OC)cc2)c(OC)c1. The van der Waals surface area contributed by atoms with Crippen molar-refractivity contribution in [2.24, 2.45) is 0 Å². The Morgan fingerprint density at radius 2 is 1.62 bits per heavy atom. The second-order valence-corrected chi connectivity index (χ2v) is 5.34. The Hall–Kier alpha value is -3.22. The highest BCUT2D eigenvalue weighted by molar-refractivity contribution is 5.94. The molecule has 138 valence electrons. The van der Waals surface area contributed by atoms with Gasteiger partial charge in [-0.25, -0.2) is 4.79 Å². The first-order chi connectivity index (χ1) is 12.5. The maximum absolute atomic E-state index is 12.3. The van der Waals surface area contributed by atoms with E-state index in [2.05, 4.69) is 10.1 Å². The molecular weight excluding hydrogens is 338 g/mol. The molecule has 2 rings (SSSR count). The molecule has 7 nitrogen and oxygen atoms in total. The molecule has 1 N–H and O–H groups in total. The van der Waals surface area contributed by atoms with Crippen LogP contribution < -0.4 is 19.5 Å². The van der Waals surface area contributed by atoms with Crippen LogP contribution in [0.15, 0.2) is 42.5 Å². The summed E-state index contributed by atoms with van der Waals surface area (Å²) in [5, 5.41) is 2.76. The number of esters is 1. The van der Waals surface area contributed by atoms with Crippen molar-refractivity contribution in [2.45, 2.75) is 13.0 Å². The van der Waals surface area contributed by atoms with Crippen molar-refractivity contribution < 1.29 is 28.5 Å². The lowest BCUT2D eigenvalue weighted by atomic mass is 10.2. The highest BCUT2D eigenvalue weighted by Gasteiger charge is 2.18. The molecule has 7 heteroatoms. The number of hydrogen-bond acceptors (Lipinski definition) is 6. The fraction of sp³-hybridized carbons (Fsp3) is 0.263. The van der Waals surface area contributed by atoms with Crippen molar-refractivity contribution in [3.63, 3.8) is 0 Å². The minimum atomic E-state index is -0.782. The lowest BCUT2D eigenvalue weighted by molar-refractivity contribution is -0.122. The van der Waals surface area contributed by atoms with E-state index in [0.29, 0.717) is 28.5 Å². The van der Waals surface area contributed by atoms with E-state index >= 15 is 0 Å². The van der Waals surface area contributed by atoms with Crippen LogP contribution in [0.2, 0.25) is 0 Å². The summed E-state index contributed by atoms with van der Waals surface area (Å²) in [6.07, 6.45) is -0.782. The van der Waals surface area contributed by atoms with Gasteiger partial charge in [0.15, 0.2) is 17.6 Å². The first kappa shape index (κ1) is 19.1. The topological polar surface area (TPSA) is 83.1 Å². The van der Waals surface area contributed by atoms with E-state index in [1.54, 1.807) is 44.4 Å². The highest BCUT2D eigenvalue weighted by atomic mass is 16.5. The molecule has 0 radical (unpaired) electrons. The summed E-state index contributed by atoms with van der Waals surface area (Å²) in [7, 11) is 4.32. The number of nitrogens with one attached hydrogen (secondary N) is 1. The number of amides is 1. The van der Waals surface area contributed by atoms with Gasteiger partial charge in [-0.05, 0) is 49.4 Å². The molecule has 0 aliphatic rings. The van der Waals surface area contributed by atoms with Gasteiger partial charge < -0.3 is 24.3 Å². The second-order valence-electron chi connectivity index (χ2n) is 5.34. The summed E-state index contributed by atoms with van der Waals surface area (Å²) in [5.74, 6) is 0.562. The third kappa shape index (κ3) is 4.66. The number of carbonyl (C=O) groups is 2. The van der Waals surface area contributed by atoms with Gasteiger partial charge in [0, 0.05) is 5.69 Å². The summed E-state index contributed by atoms with van der Waals surface area (Å²) in [6, 6.07) is 11.5. The van der Waals surface area contributed by atoms with Crippen molar-refractivity contribution in [2.75, 3.05) is 26.6 Å². The second kappa shape index (κ2) is 8.75. The third-order valence-corrected chi connectivity index (χ3v) is 3.62. The van der Waals surface area contributed by atoms with Crippen LogP contribution in [-0.4, -0.2) is 39.3 Å². The Kier molecular flexibility index (Phi) is 6.43. The molecule has 0 aromatic heterocycles. The minimum Gasteiger partial charge on any atom is -0.497 e. The van der Waals surface area contributed by atoms with Gasteiger partial charge in [0.2, 0.25) is 0 Å². The van der Waals surface area contributed by atoms with Crippen molar-refractivity contribution in [3.8, 4) is 17.2 Å². The van der Waals surface area contributed by atoms with Gasteiger partial charge in [-0.2, -0.15) is 0 Å². The van der Waals surface area contributed by atoms with Gasteiger partial charge in [0.1, 0.15) is 5.75 Å². The minimum absolute atomic E-state index is 0.325. The molecule has 2 aromatic rings. The Balaban J connectivity index is 2.06. The number of hydrogen-bond donors (Lipinski definition) is 1. The predicted molar refractivity (Wildman–Crippen MR) is 96.0 cm³/mol. The molecular formula is C19H21NO6. The molecule has 0 saturated heterocycles. The van der Waals surface area contributed by atoms with Crippen LogP contribution >= 0.6 is 0 Å². The van der Waals surface area contributed by atoms with Gasteiger partial charge in [-0.15, -0.1) is 0 Å². The molecule has 0 aliphatic carbocycles. The number of anilines is 1. The molecule has 0 bridgehead atoms. The molecule has 0 fully saturated rings. The number of methoxy groups -OCH3 is 3. The van der Waals surface area contributed by atoms with E-state index in [1.165, 1.54) is 26.4 Å². The predicted octanol–water partition coefficient (Wildman–Crippen LogP) is 2.90. The Morgan fingerprint density at radius 3 is 2.19 bits per heavy atom. The number of ether oxygens (including phenoxy) is 4. The van der Waals surface area contributed by atoms with Crippen LogP contribution in [0.1, 0.15) is 17.3 Å². The summed E-state index contributed by atoms with van der Waals surface area (Å²) in [4.78, 5) is 23.9. The molecule has 1 atom stereocenters. The van der Waals surface area contributed by atoms with Crippen molar-refractivity contribution in [3.05, 3.63) is 48.0 Å². The van der Waals surface area contributed by atoms with Crippen LogP contribution in [0.25, 0.3) is 0 Å². The van der Waals surface area contributed by atoms with Gasteiger partial charge in [-0.1, -0.05) is 0 Å². The lowest BCUT2D eigenvalue weighted by Crippen LogP contribution is -2.30. The largest absolute Gasteiger partial charge is 0.497 e. The van der Waals surface area contributed by atoms with E-state index < -0.39 is 12.1 Å². The van der Waals surface area contributed by atoms with Crippen LogP contribution in [-0.2, 0) is 9.53 Å². The fourth-order valence-corrected chi connectivity index (χ4v) is 2.17. The molecule has 0 heterocycles. The molecule has 0 aliphatic heterocycles. The quantitative estimate of drug-likeness (QED) is 0.766. The van der Waals surface area contributed by atoms with E-state index in [1.807, 2.05) is 0 Å². The lowest BCUT2D eigenvalue weighted by Gasteiger charge is -2.17. The molecule has 26 heavy (non-hydrogen) atoms. The summed E-state index contributed by atoms with van der Waals surface area (Å²) in [6.45, 7) is 1.62. The van der Waals surface area contributed by atoms with Gasteiger partial charge in [0.25, 0.3) is 5.91 Å². The monoisotopic (exact) mass is 359 g/mol. The molecule has 1 unspecified atom stereocenters. The Morgan fingerprint density at radius 1 is 0.923 bits per heavy atom. The summed E-state index contributed by atoms with van der Waals surface area (Å²) < 4.78 is 20.6. The molecule has 2 aromatic carbocycles. The van der Waals surface area contributed by atoms with E-state index in [0.717, 1.165) is 0 Å². The average Bonchev–Trinajstić information content (AvgIpc) is 2.68. The average molecular weight is 359 g/mol. The first-order valence-electron chi connectivity index (χ1n) is 7.86. The van der Waals surface area contributed by atoms with Gasteiger partial charge in [-0.3, -0.25) is 4.79 Å². The standard InChI is InChI=1S/C19H21NO6/c1-12(18(21)20-14-6-8-15(23-2)9-7-14)26-16-10-5-13(19(22)25-4)11-17(16)24-3/h5-12H,1-4H3,(H,20,21). The smallest absolute Gasteiger partial charge is 0.337 e. The third-order valence-electron chi connectivity index (χ3n) is 3.62. The normalized spacial score (nSPS) is 11.2. The summed E-state index contributed by atoms with van der Waals surface area (Å²) in [5.41, 5.74) is 0.950. The van der Waals surface area contributed by atoms with Crippen LogP contribution in [0, 0.1) is 0 Å². The zero-order valence-corrected chi connectivity index (χ0v) is 15.1. The maximum atomic E-state index is 12.3. The number of rotatable bonds is 7. The van der Waals surface area contributed by atoms with Crippen LogP contribution in [0.3, 0.4) is 0 Å². The van der Waals surface area contributed by atoms with Crippen molar-refractivity contribution >= 4 is 17.6 Å². The van der Waals surface area contributed by atoms with Crippen molar-refractivity contribution in [1.82, 2.24) is 0 Å².